The molecule has 0 aliphatic heterocycles. The van der Waals surface area contributed by atoms with Gasteiger partial charge in [0.25, 0.3) is 0 Å². The van der Waals surface area contributed by atoms with Gasteiger partial charge in [0.1, 0.15) is 0 Å². The van der Waals surface area contributed by atoms with E-state index in [2.05, 4.69) is 11.9 Å². The van der Waals surface area contributed by atoms with Crippen LogP contribution in [-0.2, 0) is 4.79 Å². The lowest BCUT2D eigenvalue weighted by atomic mass is 10.3. The van der Waals surface area contributed by atoms with E-state index in [9.17, 15) is 4.79 Å². The fraction of sp³-hybridized carbons (Fsp3) is 0.625. The van der Waals surface area contributed by atoms with Gasteiger partial charge in [0.2, 0.25) is 5.91 Å². The minimum atomic E-state index is 0.0891. The number of nitrogens with one attached hydrogen (secondary N) is 1. The van der Waals surface area contributed by atoms with E-state index in [1.54, 1.807) is 19.0 Å². The van der Waals surface area contributed by atoms with Crippen LogP contribution in [0.1, 0.15) is 6.92 Å². The molecule has 0 aromatic carbocycles. The molecular weight excluding hydrogens is 140 g/mol. The van der Waals surface area contributed by atoms with Crippen LogP contribution in [-0.4, -0.2) is 38.0 Å². The van der Waals surface area contributed by atoms with Gasteiger partial charge in [-0.3, -0.25) is 4.79 Å². The smallest absolute Gasteiger partial charge is 0.236 e. The van der Waals surface area contributed by atoms with E-state index < -0.39 is 0 Å². The molecule has 0 spiro atoms. The Balaban J connectivity index is 3.39. The first-order valence-corrected chi connectivity index (χ1v) is 3.59. The van der Waals surface area contributed by atoms with Crippen molar-refractivity contribution in [2.24, 2.45) is 0 Å². The van der Waals surface area contributed by atoms with Crippen molar-refractivity contribution < 1.29 is 4.79 Å². The zero-order chi connectivity index (χ0) is 8.85. The molecule has 0 atom stereocenters. The van der Waals surface area contributed by atoms with Crippen molar-refractivity contribution in [1.29, 1.82) is 0 Å². The van der Waals surface area contributed by atoms with Crippen molar-refractivity contribution in [1.82, 2.24) is 10.2 Å². The molecule has 0 saturated carbocycles. The van der Waals surface area contributed by atoms with E-state index in [0.717, 1.165) is 5.57 Å². The van der Waals surface area contributed by atoms with E-state index in [0.29, 0.717) is 13.1 Å². The Bertz CT molecular complexity index is 152. The molecule has 1 N–H and O–H groups in total. The summed E-state index contributed by atoms with van der Waals surface area (Å²) in [6.07, 6.45) is 0. The minimum Gasteiger partial charge on any atom is -0.348 e. The molecule has 1 amide bonds. The molecule has 64 valence electrons. The molecule has 0 fully saturated rings. The van der Waals surface area contributed by atoms with Gasteiger partial charge in [0.15, 0.2) is 0 Å². The largest absolute Gasteiger partial charge is 0.348 e. The zero-order valence-electron chi connectivity index (χ0n) is 7.48. The van der Waals surface area contributed by atoms with Crippen LogP contribution in [0.3, 0.4) is 0 Å². The lowest BCUT2D eigenvalue weighted by Crippen LogP contribution is -2.33. The number of nitrogens with zero attached hydrogens (tertiary/aromatic N) is 1. The lowest BCUT2D eigenvalue weighted by molar-refractivity contribution is -0.127. The van der Waals surface area contributed by atoms with Gasteiger partial charge in [0, 0.05) is 20.6 Å². The number of carbonyl (C=O) groups is 1. The number of hydrogen-bond donors (Lipinski definition) is 1. The second-order valence-corrected chi connectivity index (χ2v) is 2.85. The van der Waals surface area contributed by atoms with E-state index in [1.807, 2.05) is 6.92 Å². The molecule has 3 nitrogen and oxygen atoms in total. The van der Waals surface area contributed by atoms with Crippen molar-refractivity contribution in [3.8, 4) is 0 Å². The van der Waals surface area contributed by atoms with Gasteiger partial charge in [-0.2, -0.15) is 0 Å². The van der Waals surface area contributed by atoms with Gasteiger partial charge in [-0.1, -0.05) is 12.2 Å². The maximum atomic E-state index is 11.0. The van der Waals surface area contributed by atoms with Crippen molar-refractivity contribution in [3.05, 3.63) is 12.2 Å². The highest BCUT2D eigenvalue weighted by Crippen LogP contribution is 1.81. The molecule has 11 heavy (non-hydrogen) atoms. The first-order valence-electron chi connectivity index (χ1n) is 3.59. The second kappa shape index (κ2) is 4.91. The molecule has 0 radical (unpaired) electrons. The van der Waals surface area contributed by atoms with Crippen LogP contribution < -0.4 is 5.32 Å². The average molecular weight is 156 g/mol. The average Bonchev–Trinajstić information content (AvgIpc) is 1.86. The number of carbonyl (C=O) groups excluding carboxylic acids is 1. The molecule has 3 heteroatoms. The SMILES string of the molecule is C=C(C)CNCC(=O)N(C)C. The van der Waals surface area contributed by atoms with Crippen LogP contribution in [0.15, 0.2) is 12.2 Å². The summed E-state index contributed by atoms with van der Waals surface area (Å²) in [5.41, 5.74) is 1.04. The number of rotatable bonds is 4. The molecule has 0 unspecified atom stereocenters. The fourth-order valence-electron chi connectivity index (χ4n) is 0.541. The summed E-state index contributed by atoms with van der Waals surface area (Å²) in [6, 6.07) is 0. The maximum Gasteiger partial charge on any atom is 0.236 e. The van der Waals surface area contributed by atoms with E-state index >= 15 is 0 Å². The minimum absolute atomic E-state index is 0.0891. The summed E-state index contributed by atoms with van der Waals surface area (Å²) in [7, 11) is 3.48. The third-order valence-electron chi connectivity index (χ3n) is 1.20. The van der Waals surface area contributed by atoms with Crippen LogP contribution in [0.2, 0.25) is 0 Å². The highest BCUT2D eigenvalue weighted by molar-refractivity contribution is 5.77. The highest BCUT2D eigenvalue weighted by Gasteiger charge is 2.00. The van der Waals surface area contributed by atoms with Crippen molar-refractivity contribution >= 4 is 5.91 Å². The Morgan fingerprint density at radius 1 is 1.45 bits per heavy atom. The van der Waals surface area contributed by atoms with E-state index in [-0.39, 0.29) is 5.91 Å². The molecule has 0 aromatic heterocycles. The van der Waals surface area contributed by atoms with Gasteiger partial charge in [-0.05, 0) is 6.92 Å². The quantitative estimate of drug-likeness (QED) is 0.591. The zero-order valence-corrected chi connectivity index (χ0v) is 7.48. The standard InChI is InChI=1S/C8H16N2O/c1-7(2)5-9-6-8(11)10(3)4/h9H,1,5-6H2,2-4H3. The fourth-order valence-corrected chi connectivity index (χ4v) is 0.541. The predicted molar refractivity (Wildman–Crippen MR) is 46.4 cm³/mol. The monoisotopic (exact) mass is 156 g/mol. The third kappa shape index (κ3) is 5.61. The summed E-state index contributed by atoms with van der Waals surface area (Å²) < 4.78 is 0. The summed E-state index contributed by atoms with van der Waals surface area (Å²) in [5, 5.41) is 2.98. The second-order valence-electron chi connectivity index (χ2n) is 2.85. The Labute approximate surface area is 68.1 Å². The Morgan fingerprint density at radius 2 is 2.00 bits per heavy atom. The number of hydrogen-bond acceptors (Lipinski definition) is 2. The summed E-state index contributed by atoms with van der Waals surface area (Å²) in [6.45, 7) is 6.73. The number of likely N-dealkylation sites (N-methyl/N-ethyl adjacent to an activating group) is 1. The normalized spacial score (nSPS) is 9.36. The van der Waals surface area contributed by atoms with Gasteiger partial charge >= 0.3 is 0 Å². The molecule has 0 aliphatic carbocycles. The molecule has 0 bridgehead atoms. The predicted octanol–water partition coefficient (Wildman–Crippen LogP) is 0.240. The Hall–Kier alpha value is -0.830. The molecule has 0 saturated heterocycles. The third-order valence-corrected chi connectivity index (χ3v) is 1.20. The van der Waals surface area contributed by atoms with Crippen LogP contribution in [0, 0.1) is 0 Å². The Morgan fingerprint density at radius 3 is 2.36 bits per heavy atom. The first kappa shape index (κ1) is 10.2. The van der Waals surface area contributed by atoms with Gasteiger partial charge in [0.05, 0.1) is 6.54 Å². The summed E-state index contributed by atoms with van der Waals surface area (Å²) in [5.74, 6) is 0.0891. The van der Waals surface area contributed by atoms with Crippen LogP contribution >= 0.6 is 0 Å². The topological polar surface area (TPSA) is 32.3 Å². The highest BCUT2D eigenvalue weighted by atomic mass is 16.2. The number of amides is 1. The summed E-state index contributed by atoms with van der Waals surface area (Å²) >= 11 is 0. The van der Waals surface area contributed by atoms with E-state index in [4.69, 9.17) is 0 Å². The van der Waals surface area contributed by atoms with Crippen LogP contribution in [0.4, 0.5) is 0 Å². The van der Waals surface area contributed by atoms with Crippen molar-refractivity contribution in [2.45, 2.75) is 6.92 Å². The molecule has 0 heterocycles. The van der Waals surface area contributed by atoms with E-state index in [1.165, 1.54) is 0 Å². The lowest BCUT2D eigenvalue weighted by Gasteiger charge is -2.10. The first-order chi connectivity index (χ1) is 5.04. The van der Waals surface area contributed by atoms with Crippen molar-refractivity contribution in [3.63, 3.8) is 0 Å². The van der Waals surface area contributed by atoms with Gasteiger partial charge in [-0.25, -0.2) is 0 Å². The van der Waals surface area contributed by atoms with Gasteiger partial charge in [-0.15, -0.1) is 0 Å². The van der Waals surface area contributed by atoms with Gasteiger partial charge < -0.3 is 10.2 Å². The van der Waals surface area contributed by atoms with Crippen LogP contribution in [0.5, 0.6) is 0 Å². The summed E-state index contributed by atoms with van der Waals surface area (Å²) in [4.78, 5) is 12.5. The molecule has 0 aliphatic rings. The van der Waals surface area contributed by atoms with Crippen molar-refractivity contribution in [2.75, 3.05) is 27.2 Å². The molecular formula is C8H16N2O. The molecule has 0 aromatic rings. The van der Waals surface area contributed by atoms with Crippen LogP contribution in [0.25, 0.3) is 0 Å². The molecule has 0 rings (SSSR count). The maximum absolute atomic E-state index is 11.0. The Kier molecular flexibility index (Phi) is 4.54.